The second-order valence-corrected chi connectivity index (χ2v) is 8.35. The number of carbonyl (C=O) groups is 1. The third kappa shape index (κ3) is 4.64. The van der Waals surface area contributed by atoms with Crippen LogP contribution < -0.4 is 10.6 Å². The van der Waals surface area contributed by atoms with E-state index in [0.29, 0.717) is 16.4 Å². The molecule has 3 aromatic rings. The van der Waals surface area contributed by atoms with E-state index in [9.17, 15) is 9.18 Å². The molecule has 1 amide bonds. The molecule has 0 radical (unpaired) electrons. The lowest BCUT2D eigenvalue weighted by Gasteiger charge is -2.33. The molecule has 0 saturated carbocycles. The normalized spacial score (nSPS) is 18.9. The molecule has 0 bridgehead atoms. The molecule has 154 valence electrons. The van der Waals surface area contributed by atoms with Crippen LogP contribution in [0.3, 0.4) is 0 Å². The number of rotatable bonds is 4. The molecule has 2 aromatic heterocycles. The molecule has 3 heterocycles. The average Bonchev–Trinajstić information content (AvgIpc) is 3.28. The number of benzene rings is 1. The molecule has 5 nitrogen and oxygen atoms in total. The van der Waals surface area contributed by atoms with Crippen LogP contribution in [0.1, 0.15) is 27.6 Å². The van der Waals surface area contributed by atoms with Crippen molar-refractivity contribution in [2.45, 2.75) is 18.4 Å². The van der Waals surface area contributed by atoms with Crippen molar-refractivity contribution in [1.29, 1.82) is 0 Å². The Hall–Kier alpha value is -1.93. The van der Waals surface area contributed by atoms with Gasteiger partial charge < -0.3 is 10.6 Å². The summed E-state index contributed by atoms with van der Waals surface area (Å²) >= 11 is 7.59. The van der Waals surface area contributed by atoms with E-state index < -0.39 is 0 Å². The van der Waals surface area contributed by atoms with Gasteiger partial charge in [0.25, 0.3) is 5.91 Å². The first-order chi connectivity index (χ1) is 13.5. The highest BCUT2D eigenvalue weighted by molar-refractivity contribution is 7.17. The number of hydrogen-bond donors (Lipinski definition) is 2. The molecule has 1 aliphatic rings. The lowest BCUT2D eigenvalue weighted by molar-refractivity contribution is 0.0928. The molecule has 1 saturated heterocycles. The summed E-state index contributed by atoms with van der Waals surface area (Å²) in [5.41, 5.74) is 1.71. The monoisotopic (exact) mass is 454 g/mol. The minimum absolute atomic E-state index is 0. The van der Waals surface area contributed by atoms with Crippen molar-refractivity contribution in [1.82, 2.24) is 20.4 Å². The maximum atomic E-state index is 13.7. The number of piperidine rings is 1. The van der Waals surface area contributed by atoms with Gasteiger partial charge in [0, 0.05) is 25.6 Å². The SMILES string of the molecule is Cl.Cn1ncc(Cl)c1-c1ccc(C(=O)N[C@@H]2CNCC[C@H]2c2cccc(F)c2)s1. The van der Waals surface area contributed by atoms with Crippen molar-refractivity contribution < 1.29 is 9.18 Å². The maximum absolute atomic E-state index is 13.7. The molecule has 1 aliphatic heterocycles. The van der Waals surface area contributed by atoms with E-state index in [1.54, 1.807) is 29.1 Å². The van der Waals surface area contributed by atoms with E-state index in [1.807, 2.05) is 19.2 Å². The summed E-state index contributed by atoms with van der Waals surface area (Å²) in [6.45, 7) is 1.49. The van der Waals surface area contributed by atoms with Gasteiger partial charge in [-0.2, -0.15) is 5.10 Å². The Morgan fingerprint density at radius 1 is 1.38 bits per heavy atom. The van der Waals surface area contributed by atoms with Crippen molar-refractivity contribution in [2.24, 2.45) is 7.05 Å². The van der Waals surface area contributed by atoms with Gasteiger partial charge in [-0.1, -0.05) is 23.7 Å². The molecule has 1 fully saturated rings. The number of nitrogens with zero attached hydrogens (tertiary/aromatic N) is 2. The summed E-state index contributed by atoms with van der Waals surface area (Å²) in [5, 5.41) is 11.1. The highest BCUT2D eigenvalue weighted by Crippen LogP contribution is 2.33. The molecular formula is C20H21Cl2FN4OS. The number of carbonyl (C=O) groups excluding carboxylic acids is 1. The maximum Gasteiger partial charge on any atom is 0.261 e. The van der Waals surface area contributed by atoms with Gasteiger partial charge in [0.1, 0.15) is 5.82 Å². The highest BCUT2D eigenvalue weighted by atomic mass is 35.5. The smallest absolute Gasteiger partial charge is 0.261 e. The largest absolute Gasteiger partial charge is 0.347 e. The predicted octanol–water partition coefficient (Wildman–Crippen LogP) is 4.24. The van der Waals surface area contributed by atoms with Crippen molar-refractivity contribution >= 4 is 41.3 Å². The molecule has 4 rings (SSSR count). The minimum Gasteiger partial charge on any atom is -0.347 e. The minimum atomic E-state index is -0.253. The van der Waals surface area contributed by atoms with Gasteiger partial charge in [0.15, 0.2) is 0 Å². The summed E-state index contributed by atoms with van der Waals surface area (Å²) in [6.07, 6.45) is 2.43. The van der Waals surface area contributed by atoms with E-state index in [-0.39, 0.29) is 36.1 Å². The second kappa shape index (κ2) is 9.26. The first-order valence-electron chi connectivity index (χ1n) is 9.07. The fourth-order valence-electron chi connectivity index (χ4n) is 3.66. The summed E-state index contributed by atoms with van der Waals surface area (Å²) in [6, 6.07) is 10.2. The predicted molar refractivity (Wildman–Crippen MR) is 117 cm³/mol. The van der Waals surface area contributed by atoms with Gasteiger partial charge >= 0.3 is 0 Å². The van der Waals surface area contributed by atoms with Gasteiger partial charge in [-0.3, -0.25) is 9.48 Å². The van der Waals surface area contributed by atoms with Gasteiger partial charge in [0.05, 0.1) is 26.7 Å². The molecule has 2 N–H and O–H groups in total. The Bertz CT molecular complexity index is 987. The average molecular weight is 455 g/mol. The third-order valence-electron chi connectivity index (χ3n) is 5.03. The van der Waals surface area contributed by atoms with Crippen LogP contribution in [0.2, 0.25) is 5.02 Å². The molecule has 1 aromatic carbocycles. The fraction of sp³-hybridized carbons (Fsp3) is 0.300. The molecule has 2 atom stereocenters. The molecule has 0 unspecified atom stereocenters. The van der Waals surface area contributed by atoms with Crippen LogP contribution in [0.15, 0.2) is 42.6 Å². The summed E-state index contributed by atoms with van der Waals surface area (Å²) in [4.78, 5) is 14.3. The van der Waals surface area contributed by atoms with Crippen LogP contribution in [0, 0.1) is 5.82 Å². The van der Waals surface area contributed by atoms with Crippen LogP contribution >= 0.6 is 35.3 Å². The van der Waals surface area contributed by atoms with Crippen molar-refractivity contribution in [3.63, 3.8) is 0 Å². The van der Waals surface area contributed by atoms with Gasteiger partial charge in [-0.05, 0) is 42.8 Å². The molecule has 0 aliphatic carbocycles. The lowest BCUT2D eigenvalue weighted by Crippen LogP contribution is -2.49. The van der Waals surface area contributed by atoms with Crippen LogP contribution in [-0.2, 0) is 7.05 Å². The molecule has 9 heteroatoms. The van der Waals surface area contributed by atoms with Gasteiger partial charge in [0.2, 0.25) is 0 Å². The highest BCUT2D eigenvalue weighted by Gasteiger charge is 2.28. The number of aryl methyl sites for hydroxylation is 1. The number of nitrogens with one attached hydrogen (secondary N) is 2. The van der Waals surface area contributed by atoms with Crippen LogP contribution in [0.25, 0.3) is 10.6 Å². The Morgan fingerprint density at radius 3 is 2.93 bits per heavy atom. The van der Waals surface area contributed by atoms with E-state index >= 15 is 0 Å². The Balaban J connectivity index is 0.00000240. The summed E-state index contributed by atoms with van der Waals surface area (Å²) in [5.74, 6) is -0.312. The number of thiophene rings is 1. The van der Waals surface area contributed by atoms with Crippen LogP contribution in [0.5, 0.6) is 0 Å². The van der Waals surface area contributed by atoms with E-state index in [4.69, 9.17) is 11.6 Å². The number of aromatic nitrogens is 2. The second-order valence-electron chi connectivity index (χ2n) is 6.86. The first-order valence-corrected chi connectivity index (χ1v) is 10.3. The van der Waals surface area contributed by atoms with Crippen molar-refractivity contribution in [3.05, 3.63) is 63.9 Å². The van der Waals surface area contributed by atoms with Gasteiger partial charge in [-0.15, -0.1) is 23.7 Å². The quantitative estimate of drug-likeness (QED) is 0.619. The van der Waals surface area contributed by atoms with E-state index in [2.05, 4.69) is 15.7 Å². The topological polar surface area (TPSA) is 59.0 Å². The fourth-order valence-corrected chi connectivity index (χ4v) is 4.98. The van der Waals surface area contributed by atoms with E-state index in [1.165, 1.54) is 17.4 Å². The van der Waals surface area contributed by atoms with Crippen LogP contribution in [0.4, 0.5) is 4.39 Å². The van der Waals surface area contributed by atoms with Gasteiger partial charge in [-0.25, -0.2) is 4.39 Å². The zero-order valence-corrected chi connectivity index (χ0v) is 18.1. The summed E-state index contributed by atoms with van der Waals surface area (Å²) < 4.78 is 15.4. The molecular weight excluding hydrogens is 434 g/mol. The number of amides is 1. The lowest BCUT2D eigenvalue weighted by atomic mass is 9.86. The summed E-state index contributed by atoms with van der Waals surface area (Å²) in [7, 11) is 1.82. The van der Waals surface area contributed by atoms with Crippen molar-refractivity contribution in [2.75, 3.05) is 13.1 Å². The zero-order valence-electron chi connectivity index (χ0n) is 15.7. The Kier molecular flexibility index (Phi) is 6.95. The van der Waals surface area contributed by atoms with Crippen molar-refractivity contribution in [3.8, 4) is 10.6 Å². The zero-order chi connectivity index (χ0) is 19.7. The van der Waals surface area contributed by atoms with E-state index in [0.717, 1.165) is 29.1 Å². The number of halogens is 3. The molecule has 0 spiro atoms. The standard InChI is InChI=1S/C20H20ClFN4OS.ClH/c1-26-19(15(21)10-24-26)17-5-6-18(28-17)20(27)25-16-11-23-8-7-14(16)12-3-2-4-13(22)9-12;/h2-6,9-10,14,16,23H,7-8,11H2,1H3,(H,25,27);1H/t14-,16+;/m0./s1. The first kappa shape index (κ1) is 21.8. The molecule has 29 heavy (non-hydrogen) atoms. The Morgan fingerprint density at radius 2 is 2.21 bits per heavy atom. The Labute approximate surface area is 183 Å². The van der Waals surface area contributed by atoms with Crippen LogP contribution in [-0.4, -0.2) is 34.8 Å². The number of hydrogen-bond acceptors (Lipinski definition) is 4. The third-order valence-corrected chi connectivity index (χ3v) is 6.40.